The number of nitrogens with one attached hydrogen (secondary N) is 1. The number of carbonyl (C=O) groups is 1. The van der Waals surface area contributed by atoms with Gasteiger partial charge in [0.2, 0.25) is 5.91 Å². The molecular weight excluding hydrogens is 1070 g/mol. The second kappa shape index (κ2) is 26.8. The molecule has 78 heavy (non-hydrogen) atoms. The van der Waals surface area contributed by atoms with Gasteiger partial charge in [0.1, 0.15) is 153 Å². The lowest BCUT2D eigenvalue weighted by atomic mass is 9.93. The van der Waals surface area contributed by atoms with Gasteiger partial charge in [0.05, 0.1) is 44.7 Å². The van der Waals surface area contributed by atoms with Crippen LogP contribution in [0, 0.1) is 0 Å². The average molecular weight is 1150 g/mol. The summed E-state index contributed by atoms with van der Waals surface area (Å²) in [5.41, 5.74) is 0. The van der Waals surface area contributed by atoms with E-state index in [2.05, 4.69) is 5.32 Å². The fourth-order valence-electron chi connectivity index (χ4n) is 10.2. The first-order valence-corrected chi connectivity index (χ1v) is 25.2. The molecular formula is C44H75NO33. The number of amides is 1. The molecule has 0 aromatic heterocycles. The fraction of sp³-hybridized carbons (Fsp3) is 0.977. The summed E-state index contributed by atoms with van der Waals surface area (Å²) in [6, 6.07) is -1.90. The molecule has 7 heterocycles. The van der Waals surface area contributed by atoms with Crippen LogP contribution in [-0.2, 0) is 66.4 Å². The van der Waals surface area contributed by atoms with Gasteiger partial charge in [-0.1, -0.05) is 0 Å². The zero-order valence-corrected chi connectivity index (χ0v) is 42.2. The second-order valence-corrected chi connectivity index (χ2v) is 20.3. The molecule has 1 unspecified atom stereocenters. The molecule has 7 rings (SSSR count). The Hall–Kier alpha value is -1.81. The van der Waals surface area contributed by atoms with Crippen molar-refractivity contribution in [3.63, 3.8) is 0 Å². The number of hydrogen-bond donors (Lipinski definition) is 20. The van der Waals surface area contributed by atoms with Gasteiger partial charge in [-0.15, -0.1) is 0 Å². The van der Waals surface area contributed by atoms with E-state index in [4.69, 9.17) is 61.6 Å². The van der Waals surface area contributed by atoms with Gasteiger partial charge in [-0.3, -0.25) is 4.79 Å². The van der Waals surface area contributed by atoms with Crippen molar-refractivity contribution in [1.82, 2.24) is 5.32 Å². The Morgan fingerprint density at radius 2 is 0.692 bits per heavy atom. The molecule has 0 bridgehead atoms. The molecule has 34 heteroatoms. The summed E-state index contributed by atoms with van der Waals surface area (Å²) in [6.07, 6.45) is -64.0. The largest absolute Gasteiger partial charge is 0.394 e. The molecule has 0 radical (unpaired) electrons. The van der Waals surface area contributed by atoms with Crippen molar-refractivity contribution in [2.75, 3.05) is 26.4 Å². The summed E-state index contributed by atoms with van der Waals surface area (Å²) in [5, 5.41) is 208. The zero-order chi connectivity index (χ0) is 57.5. The lowest BCUT2D eigenvalue weighted by molar-refractivity contribution is -0.403. The molecule has 0 aromatic carbocycles. The summed E-state index contributed by atoms with van der Waals surface area (Å²) in [5.74, 6) is -0.918. The number of hydrogen-bond acceptors (Lipinski definition) is 33. The average Bonchev–Trinajstić information content (AvgIpc) is 3.49. The molecule has 20 N–H and O–H groups in total. The van der Waals surface area contributed by atoms with Gasteiger partial charge in [0, 0.05) is 6.92 Å². The third-order valence-electron chi connectivity index (χ3n) is 14.8. The Balaban J connectivity index is 1.23. The van der Waals surface area contributed by atoms with E-state index in [1.54, 1.807) is 0 Å². The molecule has 0 aliphatic carbocycles. The Kier molecular flexibility index (Phi) is 21.9. The highest BCUT2D eigenvalue weighted by atomic mass is 16.8. The van der Waals surface area contributed by atoms with Gasteiger partial charge in [-0.25, -0.2) is 0 Å². The maximum Gasteiger partial charge on any atom is 0.217 e. The van der Waals surface area contributed by atoms with Crippen LogP contribution in [0.25, 0.3) is 0 Å². The Bertz CT molecular complexity index is 1890. The van der Waals surface area contributed by atoms with Crippen molar-refractivity contribution in [2.24, 2.45) is 0 Å². The molecule has 7 aliphatic rings. The molecule has 7 fully saturated rings. The normalized spacial score (nSPS) is 53.4. The van der Waals surface area contributed by atoms with Gasteiger partial charge in [0.25, 0.3) is 0 Å². The predicted octanol–water partition coefficient (Wildman–Crippen LogP) is -13.0. The van der Waals surface area contributed by atoms with Crippen LogP contribution in [-0.4, -0.2) is 344 Å². The molecule has 1 amide bonds. The van der Waals surface area contributed by atoms with E-state index in [-0.39, 0.29) is 0 Å². The lowest BCUT2D eigenvalue weighted by Gasteiger charge is -2.52. The smallest absolute Gasteiger partial charge is 0.217 e. The number of ether oxygens (including phenoxy) is 13. The minimum Gasteiger partial charge on any atom is -0.394 e. The van der Waals surface area contributed by atoms with Gasteiger partial charge in [0.15, 0.2) is 44.0 Å². The van der Waals surface area contributed by atoms with Crippen molar-refractivity contribution in [1.29, 1.82) is 0 Å². The summed E-state index contributed by atoms with van der Waals surface area (Å²) >= 11 is 0. The van der Waals surface area contributed by atoms with Gasteiger partial charge < -0.3 is 164 Å². The summed E-state index contributed by atoms with van der Waals surface area (Å²) in [7, 11) is 0. The van der Waals surface area contributed by atoms with Crippen molar-refractivity contribution in [3.8, 4) is 0 Å². The van der Waals surface area contributed by atoms with Crippen LogP contribution in [0.1, 0.15) is 27.7 Å². The van der Waals surface area contributed by atoms with E-state index in [1.165, 1.54) is 20.8 Å². The van der Waals surface area contributed by atoms with E-state index < -0.39 is 247 Å². The van der Waals surface area contributed by atoms with E-state index in [9.17, 15) is 102 Å². The first kappa shape index (κ1) is 63.8. The second-order valence-electron chi connectivity index (χ2n) is 20.3. The number of carbonyl (C=O) groups excluding carboxylic acids is 1. The van der Waals surface area contributed by atoms with Crippen molar-refractivity contribution >= 4 is 5.91 Å². The van der Waals surface area contributed by atoms with Crippen molar-refractivity contribution in [3.05, 3.63) is 0 Å². The highest BCUT2D eigenvalue weighted by Gasteiger charge is 2.59. The van der Waals surface area contributed by atoms with Crippen LogP contribution in [0.2, 0.25) is 0 Å². The quantitative estimate of drug-likeness (QED) is 0.0643. The third kappa shape index (κ3) is 13.1. The molecule has 0 saturated carbocycles. The minimum absolute atomic E-state index is 0.918. The fourth-order valence-corrected chi connectivity index (χ4v) is 10.2. The highest BCUT2D eigenvalue weighted by Crippen LogP contribution is 2.39. The molecule has 35 atom stereocenters. The predicted molar refractivity (Wildman–Crippen MR) is 239 cm³/mol. The molecule has 0 spiro atoms. The summed E-state index contributed by atoms with van der Waals surface area (Å²) in [4.78, 5) is 13.2. The third-order valence-corrected chi connectivity index (χ3v) is 14.8. The molecule has 0 aromatic rings. The molecule has 454 valence electrons. The maximum atomic E-state index is 13.2. The van der Waals surface area contributed by atoms with E-state index in [0.29, 0.717) is 0 Å². The van der Waals surface area contributed by atoms with Gasteiger partial charge >= 0.3 is 0 Å². The van der Waals surface area contributed by atoms with Crippen molar-refractivity contribution < 1.29 is 163 Å². The van der Waals surface area contributed by atoms with E-state index in [1.807, 2.05) is 0 Å². The first-order chi connectivity index (χ1) is 36.8. The number of aliphatic hydroxyl groups is 19. The van der Waals surface area contributed by atoms with Crippen LogP contribution in [0.3, 0.4) is 0 Å². The summed E-state index contributed by atoms with van der Waals surface area (Å²) < 4.78 is 76.2. The van der Waals surface area contributed by atoms with Crippen LogP contribution >= 0.6 is 0 Å². The van der Waals surface area contributed by atoms with Gasteiger partial charge in [-0.05, 0) is 20.8 Å². The topological polar surface area (TPSA) is 533 Å². The van der Waals surface area contributed by atoms with Crippen LogP contribution in [0.15, 0.2) is 0 Å². The minimum atomic E-state index is -2.29. The zero-order valence-electron chi connectivity index (χ0n) is 42.2. The Labute approximate surface area is 443 Å². The molecule has 7 saturated heterocycles. The Morgan fingerprint density at radius 1 is 0.333 bits per heavy atom. The molecule has 34 nitrogen and oxygen atoms in total. The number of aliphatic hydroxyl groups excluding tert-OH is 19. The monoisotopic (exact) mass is 1150 g/mol. The lowest BCUT2D eigenvalue weighted by Crippen LogP contribution is -2.71. The van der Waals surface area contributed by atoms with Crippen LogP contribution in [0.5, 0.6) is 0 Å². The van der Waals surface area contributed by atoms with E-state index in [0.717, 1.165) is 6.92 Å². The van der Waals surface area contributed by atoms with Crippen LogP contribution in [0.4, 0.5) is 0 Å². The van der Waals surface area contributed by atoms with Crippen LogP contribution < -0.4 is 5.32 Å². The Morgan fingerprint density at radius 3 is 1.17 bits per heavy atom. The van der Waals surface area contributed by atoms with Crippen molar-refractivity contribution in [2.45, 2.75) is 243 Å². The number of rotatable bonds is 17. The van der Waals surface area contributed by atoms with Gasteiger partial charge in [-0.2, -0.15) is 0 Å². The van der Waals surface area contributed by atoms with E-state index >= 15 is 0 Å². The molecule has 7 aliphatic heterocycles. The SMILES string of the molecule is CC(=O)N[C@H]1[C@H](O[C@H]2[C@@H](O)[C@@H](CO)O[C@@H](O[C@H]3[C@H](O[C@@H]4O[C@@H](C)[C@@H](O)[C@@H](O)[C@@H]4O)[C@@H](O)C(O)O[C@@H]3CO)[C@@H]2O)O[C@H](CO)[C@@H](O[C@@H]2O[C@H](CO)[C@H](O)[C@H](O)[C@H]2O[C@@H]2O[C@@H](C)[C@@H](O)[C@@H](O)[C@@H]2O)[C@@H]1O[C@@H]1O[C@@H](C)[C@@H](O)[C@@H](O)[C@@H]1O. The maximum absolute atomic E-state index is 13.2. The summed E-state index contributed by atoms with van der Waals surface area (Å²) in [6.45, 7) is 0.681. The highest BCUT2D eigenvalue weighted by molar-refractivity contribution is 5.73. The first-order valence-electron chi connectivity index (χ1n) is 25.2. The standard InChI is InChI=1S/C44H75NO33/c1-9-18(51)23(56)27(60)40(66-9)75-34-17(45-12(4)50)39(72-16(8-49)32(34)74-44-37(26(59)21(54)13(5-46)71-44)78-42-29(62)25(58)20(53)11(3)68-42)76-35-22(55)14(6-47)70-43(31(35)64)73-33-15(7-48)69-38(65)30(63)36(33)77-41-28(61)24(57)19(52)10(2)67-41/h9-11,13-44,46-49,51-65H,5-8H2,1-4H3,(H,45,50)/t9-,10-,11-,13+,14+,15+,16+,17+,18+,19+,20+,21-,22-,23+,24+,25+,26-,27-,28-,29-,30+,31+,32+,33+,34+,35-,36+,37+,38?,39-,40-,41-,42-,43-,44-/m0/s1.